The largest absolute Gasteiger partial charge is 0.306 e. The zero-order chi connectivity index (χ0) is 32.0. The van der Waals surface area contributed by atoms with Crippen molar-refractivity contribution < 1.29 is 0 Å². The zero-order valence-electron chi connectivity index (χ0n) is 30.9. The van der Waals surface area contributed by atoms with Crippen molar-refractivity contribution in [2.75, 3.05) is 20.1 Å². The van der Waals surface area contributed by atoms with Gasteiger partial charge in [0.25, 0.3) is 0 Å². The predicted molar refractivity (Wildman–Crippen MR) is 204 cm³/mol. The summed E-state index contributed by atoms with van der Waals surface area (Å²) in [6.45, 7) is 9.44. The van der Waals surface area contributed by atoms with E-state index in [-0.39, 0.29) is 0 Å². The molecule has 258 valence electrons. The lowest BCUT2D eigenvalue weighted by Crippen LogP contribution is -2.26. The van der Waals surface area contributed by atoms with Crippen LogP contribution in [0.15, 0.2) is 48.6 Å². The van der Waals surface area contributed by atoms with Gasteiger partial charge >= 0.3 is 0 Å². The Kier molecular flexibility index (Phi) is 37.2. The maximum atomic E-state index is 2.60. The van der Waals surface area contributed by atoms with Gasteiger partial charge in [-0.3, -0.25) is 0 Å². The van der Waals surface area contributed by atoms with E-state index >= 15 is 0 Å². The summed E-state index contributed by atoms with van der Waals surface area (Å²) >= 11 is 0. The van der Waals surface area contributed by atoms with Gasteiger partial charge in [-0.1, -0.05) is 159 Å². The van der Waals surface area contributed by atoms with Crippen LogP contribution in [0, 0.1) is 5.92 Å². The molecule has 1 atom stereocenters. The van der Waals surface area contributed by atoms with Crippen LogP contribution in [-0.2, 0) is 0 Å². The van der Waals surface area contributed by atoms with Crippen LogP contribution < -0.4 is 0 Å². The second-order valence-electron chi connectivity index (χ2n) is 13.7. The van der Waals surface area contributed by atoms with Gasteiger partial charge in [0.15, 0.2) is 0 Å². The number of allylic oxidation sites excluding steroid dienone is 8. The number of rotatable bonds is 35. The van der Waals surface area contributed by atoms with Crippen LogP contribution in [0.3, 0.4) is 0 Å². The van der Waals surface area contributed by atoms with Crippen molar-refractivity contribution in [3.05, 3.63) is 48.6 Å². The third-order valence-corrected chi connectivity index (χ3v) is 9.03. The first-order valence-electron chi connectivity index (χ1n) is 20.0. The topological polar surface area (TPSA) is 3.24 Å². The Bertz CT molecular complexity index is 641. The van der Waals surface area contributed by atoms with Crippen molar-refractivity contribution in [1.82, 2.24) is 4.90 Å². The summed E-state index contributed by atoms with van der Waals surface area (Å²) < 4.78 is 0. The van der Waals surface area contributed by atoms with Crippen molar-refractivity contribution in [2.45, 2.75) is 201 Å². The summed E-state index contributed by atoms with van der Waals surface area (Å²) in [7, 11) is 2.34. The van der Waals surface area contributed by atoms with E-state index < -0.39 is 0 Å². The summed E-state index contributed by atoms with van der Waals surface area (Å²) in [5.41, 5.74) is 0. The molecule has 0 radical (unpaired) electrons. The van der Waals surface area contributed by atoms with Gasteiger partial charge in [-0.25, -0.2) is 0 Å². The van der Waals surface area contributed by atoms with Crippen LogP contribution in [0.2, 0.25) is 0 Å². The fourth-order valence-corrected chi connectivity index (χ4v) is 6.24. The molecule has 1 heteroatoms. The standard InChI is InChI=1S/C43H81N/c1-5-8-10-12-14-16-18-20-22-24-26-28-30-32-34-36-38-40-43(42-44(4)41-7-3)39-37-35-33-31-29-27-25-23-21-19-17-15-13-11-9-6-2/h14-17,21-24,43H,5-13,18-20,25-42H2,1-4H3/b16-14-,17-15-,23-21-,24-22-. The first-order chi connectivity index (χ1) is 21.7. The average Bonchev–Trinajstić information content (AvgIpc) is 3.02. The molecule has 1 unspecified atom stereocenters. The van der Waals surface area contributed by atoms with E-state index in [1.54, 1.807) is 0 Å². The van der Waals surface area contributed by atoms with Gasteiger partial charge in [0.05, 0.1) is 0 Å². The van der Waals surface area contributed by atoms with E-state index in [4.69, 9.17) is 0 Å². The Morgan fingerprint density at radius 3 is 1.18 bits per heavy atom. The summed E-state index contributed by atoms with van der Waals surface area (Å²) in [6.07, 6.45) is 57.0. The lowest BCUT2D eigenvalue weighted by Gasteiger charge is -2.24. The molecule has 0 saturated carbocycles. The Hall–Kier alpha value is -1.08. The SMILES string of the molecule is CCCCC/C=C\C/C=C\CCCCCCCCC(CCCCCCCC/C=C\CC/C=C\CCCCC)CN(C)CCC. The maximum absolute atomic E-state index is 2.60. The van der Waals surface area contributed by atoms with Gasteiger partial charge in [-0.2, -0.15) is 0 Å². The van der Waals surface area contributed by atoms with Gasteiger partial charge in [0.2, 0.25) is 0 Å². The molecule has 0 fully saturated rings. The highest BCUT2D eigenvalue weighted by Crippen LogP contribution is 2.21. The van der Waals surface area contributed by atoms with E-state index in [1.165, 1.54) is 186 Å². The molecule has 0 aliphatic heterocycles. The molecule has 44 heavy (non-hydrogen) atoms. The van der Waals surface area contributed by atoms with Gasteiger partial charge in [-0.15, -0.1) is 0 Å². The van der Waals surface area contributed by atoms with Crippen LogP contribution in [0.5, 0.6) is 0 Å². The van der Waals surface area contributed by atoms with Gasteiger partial charge in [0.1, 0.15) is 0 Å². The van der Waals surface area contributed by atoms with Crippen LogP contribution in [0.25, 0.3) is 0 Å². The molecular formula is C43H81N. The van der Waals surface area contributed by atoms with Crippen LogP contribution in [-0.4, -0.2) is 25.0 Å². The molecule has 0 N–H and O–H groups in total. The molecule has 0 amide bonds. The minimum Gasteiger partial charge on any atom is -0.306 e. The lowest BCUT2D eigenvalue weighted by molar-refractivity contribution is 0.250. The lowest BCUT2D eigenvalue weighted by atomic mass is 9.93. The Labute approximate surface area is 279 Å². The summed E-state index contributed by atoms with van der Waals surface area (Å²) in [4.78, 5) is 2.60. The van der Waals surface area contributed by atoms with Gasteiger partial charge < -0.3 is 4.90 Å². The first kappa shape index (κ1) is 42.9. The normalized spacial score (nSPS) is 13.2. The molecular weight excluding hydrogens is 530 g/mol. The second-order valence-corrected chi connectivity index (χ2v) is 13.7. The fourth-order valence-electron chi connectivity index (χ4n) is 6.24. The van der Waals surface area contributed by atoms with Crippen molar-refractivity contribution >= 4 is 0 Å². The zero-order valence-corrected chi connectivity index (χ0v) is 30.9. The van der Waals surface area contributed by atoms with Gasteiger partial charge in [0, 0.05) is 6.54 Å². The van der Waals surface area contributed by atoms with E-state index in [1.807, 2.05) is 0 Å². The minimum absolute atomic E-state index is 0.911. The molecule has 0 spiro atoms. The van der Waals surface area contributed by atoms with Crippen LogP contribution in [0.1, 0.15) is 201 Å². The number of hydrogen-bond donors (Lipinski definition) is 0. The van der Waals surface area contributed by atoms with Gasteiger partial charge in [-0.05, 0) is 109 Å². The van der Waals surface area contributed by atoms with Crippen molar-refractivity contribution in [3.8, 4) is 0 Å². The van der Waals surface area contributed by atoms with Crippen molar-refractivity contribution in [2.24, 2.45) is 5.92 Å². The molecule has 0 bridgehead atoms. The smallest absolute Gasteiger partial charge is 0.000660 e. The highest BCUT2D eigenvalue weighted by atomic mass is 15.1. The molecule has 0 saturated heterocycles. The molecule has 1 nitrogen and oxygen atoms in total. The van der Waals surface area contributed by atoms with E-state index in [0.29, 0.717) is 0 Å². The van der Waals surface area contributed by atoms with E-state index in [9.17, 15) is 0 Å². The summed E-state index contributed by atoms with van der Waals surface area (Å²) in [5.74, 6) is 0.911. The third kappa shape index (κ3) is 35.4. The summed E-state index contributed by atoms with van der Waals surface area (Å²) in [5, 5.41) is 0. The quantitative estimate of drug-likeness (QED) is 0.0509. The molecule has 0 rings (SSSR count). The second kappa shape index (κ2) is 38.1. The summed E-state index contributed by atoms with van der Waals surface area (Å²) in [6, 6.07) is 0. The molecule has 0 heterocycles. The van der Waals surface area contributed by atoms with Crippen LogP contribution >= 0.6 is 0 Å². The Balaban J connectivity index is 3.79. The Morgan fingerprint density at radius 2 is 0.750 bits per heavy atom. The van der Waals surface area contributed by atoms with E-state index in [0.717, 1.165) is 12.3 Å². The average molecular weight is 612 g/mol. The molecule has 0 aromatic heterocycles. The highest BCUT2D eigenvalue weighted by molar-refractivity contribution is 4.92. The fraction of sp³-hybridized carbons (Fsp3) is 0.814. The van der Waals surface area contributed by atoms with E-state index in [2.05, 4.69) is 81.3 Å². The molecule has 0 aromatic rings. The number of hydrogen-bond acceptors (Lipinski definition) is 1. The highest BCUT2D eigenvalue weighted by Gasteiger charge is 2.11. The van der Waals surface area contributed by atoms with Crippen LogP contribution in [0.4, 0.5) is 0 Å². The minimum atomic E-state index is 0.911. The third-order valence-electron chi connectivity index (χ3n) is 9.03. The van der Waals surface area contributed by atoms with Crippen molar-refractivity contribution in [1.29, 1.82) is 0 Å². The number of nitrogens with zero attached hydrogens (tertiary/aromatic N) is 1. The molecule has 0 aliphatic rings. The predicted octanol–water partition coefficient (Wildman–Crippen LogP) is 14.7. The maximum Gasteiger partial charge on any atom is 0.000660 e. The number of unbranched alkanes of at least 4 members (excludes halogenated alkanes) is 19. The Morgan fingerprint density at radius 1 is 0.386 bits per heavy atom. The van der Waals surface area contributed by atoms with Crippen molar-refractivity contribution in [3.63, 3.8) is 0 Å². The molecule has 0 aromatic carbocycles. The monoisotopic (exact) mass is 612 g/mol. The first-order valence-corrected chi connectivity index (χ1v) is 20.0. The molecule has 0 aliphatic carbocycles.